The van der Waals surface area contributed by atoms with Crippen LogP contribution in [0.5, 0.6) is 5.75 Å². The van der Waals surface area contributed by atoms with E-state index in [1.165, 1.54) is 11.0 Å². The van der Waals surface area contributed by atoms with E-state index in [2.05, 4.69) is 5.32 Å². The van der Waals surface area contributed by atoms with Crippen molar-refractivity contribution in [3.63, 3.8) is 0 Å². The minimum atomic E-state index is -0.765. The molecule has 0 heterocycles. The van der Waals surface area contributed by atoms with Crippen LogP contribution in [-0.4, -0.2) is 35.9 Å². The molecule has 1 N–H and O–H groups in total. The summed E-state index contributed by atoms with van der Waals surface area (Å²) in [5.74, 6) is -0.188. The van der Waals surface area contributed by atoms with Crippen LogP contribution in [0.3, 0.4) is 0 Å². The van der Waals surface area contributed by atoms with Crippen LogP contribution in [0.4, 0.5) is 4.39 Å². The standard InChI is InChI=1S/C24H31FN2O3/c1-16(2)13-26-24(29)19(5)27(14-20-8-6-7-9-21(20)25)23(28)15-30-22-11-10-17(3)12-18(22)4/h6-12,16,19H,13-15H2,1-5H3,(H,26,29)/t19-/m0/s1. The molecule has 0 bridgehead atoms. The lowest BCUT2D eigenvalue weighted by atomic mass is 10.1. The Kier molecular flexibility index (Phi) is 8.39. The van der Waals surface area contributed by atoms with Gasteiger partial charge in [0.15, 0.2) is 6.61 Å². The van der Waals surface area contributed by atoms with Gasteiger partial charge in [-0.1, -0.05) is 49.7 Å². The fourth-order valence-electron chi connectivity index (χ4n) is 3.03. The quantitative estimate of drug-likeness (QED) is 0.674. The number of hydrogen-bond donors (Lipinski definition) is 1. The molecule has 0 aliphatic heterocycles. The van der Waals surface area contributed by atoms with Gasteiger partial charge in [0.25, 0.3) is 5.91 Å². The third-order valence-corrected chi connectivity index (χ3v) is 4.83. The average molecular weight is 415 g/mol. The van der Waals surface area contributed by atoms with Gasteiger partial charge in [0.05, 0.1) is 0 Å². The van der Waals surface area contributed by atoms with Gasteiger partial charge in [0.2, 0.25) is 5.91 Å². The number of aryl methyl sites for hydroxylation is 2. The van der Waals surface area contributed by atoms with Gasteiger partial charge in [-0.05, 0) is 44.4 Å². The molecule has 5 nitrogen and oxygen atoms in total. The van der Waals surface area contributed by atoms with Crippen molar-refractivity contribution in [3.05, 3.63) is 65.0 Å². The first kappa shape index (κ1) is 23.4. The molecular formula is C24H31FN2O3. The topological polar surface area (TPSA) is 58.6 Å². The van der Waals surface area contributed by atoms with Crippen LogP contribution in [0.15, 0.2) is 42.5 Å². The molecule has 0 saturated carbocycles. The second kappa shape index (κ2) is 10.8. The van der Waals surface area contributed by atoms with Crippen LogP contribution in [0, 0.1) is 25.6 Å². The third kappa shape index (κ3) is 6.58. The summed E-state index contributed by atoms with van der Waals surface area (Å²) >= 11 is 0. The number of hydrogen-bond acceptors (Lipinski definition) is 3. The first-order valence-electron chi connectivity index (χ1n) is 10.2. The maximum atomic E-state index is 14.2. The van der Waals surface area contributed by atoms with Gasteiger partial charge in [0, 0.05) is 18.7 Å². The van der Waals surface area contributed by atoms with Crippen LogP contribution < -0.4 is 10.1 Å². The normalized spacial score (nSPS) is 11.8. The number of carbonyl (C=O) groups excluding carboxylic acids is 2. The second-order valence-electron chi connectivity index (χ2n) is 7.99. The third-order valence-electron chi connectivity index (χ3n) is 4.83. The Morgan fingerprint density at radius 1 is 1.10 bits per heavy atom. The zero-order valence-corrected chi connectivity index (χ0v) is 18.4. The Balaban J connectivity index is 2.17. The van der Waals surface area contributed by atoms with E-state index in [4.69, 9.17) is 4.74 Å². The number of halogens is 1. The van der Waals surface area contributed by atoms with E-state index in [0.29, 0.717) is 17.9 Å². The van der Waals surface area contributed by atoms with E-state index in [0.717, 1.165) is 11.1 Å². The molecule has 2 aromatic carbocycles. The largest absolute Gasteiger partial charge is 0.483 e. The van der Waals surface area contributed by atoms with Crippen LogP contribution in [0.25, 0.3) is 0 Å². The number of rotatable bonds is 9. The molecule has 0 unspecified atom stereocenters. The van der Waals surface area contributed by atoms with Crippen molar-refractivity contribution in [2.24, 2.45) is 5.92 Å². The van der Waals surface area contributed by atoms with E-state index in [1.54, 1.807) is 25.1 Å². The summed E-state index contributed by atoms with van der Waals surface area (Å²) in [4.78, 5) is 26.9. The van der Waals surface area contributed by atoms with Crippen molar-refractivity contribution >= 4 is 11.8 Å². The molecule has 162 valence electrons. The zero-order valence-electron chi connectivity index (χ0n) is 18.4. The first-order chi connectivity index (χ1) is 14.2. The molecule has 2 rings (SSSR count). The van der Waals surface area contributed by atoms with Crippen LogP contribution in [-0.2, 0) is 16.1 Å². The minimum absolute atomic E-state index is 0.0159. The molecule has 6 heteroatoms. The van der Waals surface area contributed by atoms with E-state index < -0.39 is 11.9 Å². The fraction of sp³-hybridized carbons (Fsp3) is 0.417. The molecule has 0 aliphatic rings. The number of amides is 2. The first-order valence-corrected chi connectivity index (χ1v) is 10.2. The predicted molar refractivity (Wildman–Crippen MR) is 116 cm³/mol. The van der Waals surface area contributed by atoms with Crippen molar-refractivity contribution in [1.82, 2.24) is 10.2 Å². The molecule has 0 radical (unpaired) electrons. The SMILES string of the molecule is Cc1ccc(OCC(=O)N(Cc2ccccc2F)[C@@H](C)C(=O)NCC(C)C)c(C)c1. The summed E-state index contributed by atoms with van der Waals surface area (Å²) < 4.78 is 19.9. The Labute approximate surface area is 178 Å². The van der Waals surface area contributed by atoms with Gasteiger partial charge in [-0.25, -0.2) is 4.39 Å². The lowest BCUT2D eigenvalue weighted by Gasteiger charge is -2.29. The lowest BCUT2D eigenvalue weighted by Crippen LogP contribution is -2.49. The molecule has 0 fully saturated rings. The molecule has 0 saturated heterocycles. The smallest absolute Gasteiger partial charge is 0.261 e. The van der Waals surface area contributed by atoms with Gasteiger partial charge in [-0.2, -0.15) is 0 Å². The summed E-state index contributed by atoms with van der Waals surface area (Å²) in [7, 11) is 0. The van der Waals surface area contributed by atoms with Gasteiger partial charge in [0.1, 0.15) is 17.6 Å². The van der Waals surface area contributed by atoms with E-state index in [9.17, 15) is 14.0 Å². The van der Waals surface area contributed by atoms with Crippen LogP contribution in [0.2, 0.25) is 0 Å². The van der Waals surface area contributed by atoms with Crippen LogP contribution >= 0.6 is 0 Å². The Morgan fingerprint density at radius 2 is 1.80 bits per heavy atom. The van der Waals surface area contributed by atoms with Gasteiger partial charge in [-0.15, -0.1) is 0 Å². The summed E-state index contributed by atoms with van der Waals surface area (Å²) in [6, 6.07) is 11.2. The summed E-state index contributed by atoms with van der Waals surface area (Å²) in [6.45, 7) is 9.77. The maximum Gasteiger partial charge on any atom is 0.261 e. The monoisotopic (exact) mass is 414 g/mol. The van der Waals surface area contributed by atoms with Crippen molar-refractivity contribution in [3.8, 4) is 5.75 Å². The maximum absolute atomic E-state index is 14.2. The summed E-state index contributed by atoms with van der Waals surface area (Å²) in [6.07, 6.45) is 0. The molecular weight excluding hydrogens is 383 g/mol. The Bertz CT molecular complexity index is 883. The molecule has 1 atom stereocenters. The number of nitrogens with zero attached hydrogens (tertiary/aromatic N) is 1. The molecule has 2 amide bonds. The highest BCUT2D eigenvalue weighted by Crippen LogP contribution is 2.19. The Hall–Kier alpha value is -2.89. The second-order valence-corrected chi connectivity index (χ2v) is 7.99. The Morgan fingerprint density at radius 3 is 2.43 bits per heavy atom. The minimum Gasteiger partial charge on any atom is -0.483 e. The van der Waals surface area contributed by atoms with E-state index >= 15 is 0 Å². The van der Waals surface area contributed by atoms with Gasteiger partial charge < -0.3 is 15.0 Å². The molecule has 0 aromatic heterocycles. The number of nitrogens with one attached hydrogen (secondary N) is 1. The summed E-state index contributed by atoms with van der Waals surface area (Å²) in [5, 5.41) is 2.84. The van der Waals surface area contributed by atoms with Gasteiger partial charge in [-0.3, -0.25) is 9.59 Å². The highest BCUT2D eigenvalue weighted by molar-refractivity contribution is 5.88. The molecule has 0 spiro atoms. The van der Waals surface area contributed by atoms with Crippen LogP contribution in [0.1, 0.15) is 37.5 Å². The van der Waals surface area contributed by atoms with Gasteiger partial charge >= 0.3 is 0 Å². The molecule has 2 aromatic rings. The van der Waals surface area contributed by atoms with E-state index in [1.807, 2.05) is 45.9 Å². The average Bonchev–Trinajstić information content (AvgIpc) is 2.70. The van der Waals surface area contributed by atoms with Crippen molar-refractivity contribution in [2.45, 2.75) is 47.2 Å². The van der Waals surface area contributed by atoms with Crippen molar-refractivity contribution in [1.29, 1.82) is 0 Å². The highest BCUT2D eigenvalue weighted by Gasteiger charge is 2.27. The van der Waals surface area contributed by atoms with E-state index in [-0.39, 0.29) is 30.9 Å². The number of benzene rings is 2. The lowest BCUT2D eigenvalue weighted by molar-refractivity contribution is -0.142. The number of carbonyl (C=O) groups is 2. The molecule has 0 aliphatic carbocycles. The predicted octanol–water partition coefficient (Wildman–Crippen LogP) is 4.01. The zero-order chi connectivity index (χ0) is 22.3. The van der Waals surface area contributed by atoms with Crippen molar-refractivity contribution in [2.75, 3.05) is 13.2 Å². The molecule has 30 heavy (non-hydrogen) atoms. The van der Waals surface area contributed by atoms with Crippen molar-refractivity contribution < 1.29 is 18.7 Å². The highest BCUT2D eigenvalue weighted by atomic mass is 19.1. The fourth-order valence-corrected chi connectivity index (χ4v) is 3.03. The summed E-state index contributed by atoms with van der Waals surface area (Å²) in [5.41, 5.74) is 2.37. The number of ether oxygens (including phenoxy) is 1.